The Kier molecular flexibility index (Phi) is 4.18. The van der Waals surface area contributed by atoms with Crippen molar-refractivity contribution in [1.29, 1.82) is 0 Å². The van der Waals surface area contributed by atoms with Gasteiger partial charge in [-0.05, 0) is 31.9 Å². The number of nitrogens with one attached hydrogen (secondary N) is 1. The van der Waals surface area contributed by atoms with E-state index in [2.05, 4.69) is 10.3 Å². The smallest absolute Gasteiger partial charge is 0.313 e. The molecule has 0 aliphatic heterocycles. The van der Waals surface area contributed by atoms with Crippen molar-refractivity contribution < 1.29 is 9.53 Å². The van der Waals surface area contributed by atoms with Gasteiger partial charge in [-0.25, -0.2) is 4.98 Å². The second-order valence-electron chi connectivity index (χ2n) is 4.78. The number of ether oxygens (including phenoxy) is 1. The fraction of sp³-hybridized carbons (Fsp3) is 0.571. The average molecular weight is 248 g/mol. The Labute approximate surface area is 108 Å². The zero-order chi connectivity index (χ0) is 12.8. The van der Waals surface area contributed by atoms with Gasteiger partial charge >= 0.3 is 5.97 Å². The van der Waals surface area contributed by atoms with E-state index >= 15 is 0 Å². The topological polar surface area (TPSA) is 51.2 Å². The van der Waals surface area contributed by atoms with Crippen molar-refractivity contribution in [3.05, 3.63) is 24.4 Å². The lowest BCUT2D eigenvalue weighted by Gasteiger charge is -2.26. The van der Waals surface area contributed by atoms with Crippen LogP contribution in [0.5, 0.6) is 0 Å². The van der Waals surface area contributed by atoms with Crippen LogP contribution in [0.3, 0.4) is 0 Å². The summed E-state index contributed by atoms with van der Waals surface area (Å²) in [5.41, 5.74) is -0.354. The first kappa shape index (κ1) is 12.9. The third-order valence-electron chi connectivity index (χ3n) is 3.54. The van der Waals surface area contributed by atoms with Gasteiger partial charge in [0.2, 0.25) is 0 Å². The normalized spacial score (nSPS) is 17.4. The highest BCUT2D eigenvalue weighted by Gasteiger charge is 2.42. The zero-order valence-corrected chi connectivity index (χ0v) is 10.8. The van der Waals surface area contributed by atoms with Gasteiger partial charge in [-0.15, -0.1) is 0 Å². The molecule has 1 aliphatic rings. The third kappa shape index (κ3) is 2.81. The number of hydrogen-bond donors (Lipinski definition) is 1. The first-order valence-corrected chi connectivity index (χ1v) is 6.59. The van der Waals surface area contributed by atoms with Gasteiger partial charge in [-0.2, -0.15) is 0 Å². The Morgan fingerprint density at radius 1 is 1.44 bits per heavy atom. The molecule has 0 unspecified atom stereocenters. The fourth-order valence-corrected chi connectivity index (χ4v) is 2.52. The molecule has 0 aromatic carbocycles. The molecule has 4 nitrogen and oxygen atoms in total. The van der Waals surface area contributed by atoms with E-state index in [4.69, 9.17) is 4.74 Å². The van der Waals surface area contributed by atoms with Crippen LogP contribution in [0.2, 0.25) is 0 Å². The molecular weight excluding hydrogens is 228 g/mol. The van der Waals surface area contributed by atoms with Gasteiger partial charge in [0, 0.05) is 12.7 Å². The van der Waals surface area contributed by atoms with E-state index in [0.29, 0.717) is 13.2 Å². The number of esters is 1. The molecule has 1 saturated carbocycles. The Hall–Kier alpha value is -1.58. The van der Waals surface area contributed by atoms with Crippen LogP contribution < -0.4 is 5.32 Å². The quantitative estimate of drug-likeness (QED) is 0.814. The number of anilines is 1. The lowest BCUT2D eigenvalue weighted by Crippen LogP contribution is -2.37. The number of hydrogen-bond acceptors (Lipinski definition) is 4. The summed E-state index contributed by atoms with van der Waals surface area (Å²) >= 11 is 0. The second-order valence-corrected chi connectivity index (χ2v) is 4.78. The molecule has 0 atom stereocenters. The van der Waals surface area contributed by atoms with Crippen LogP contribution in [-0.4, -0.2) is 24.1 Å². The van der Waals surface area contributed by atoms with Gasteiger partial charge in [-0.3, -0.25) is 4.79 Å². The number of aromatic nitrogens is 1. The first-order chi connectivity index (χ1) is 8.77. The van der Waals surface area contributed by atoms with Crippen molar-refractivity contribution in [2.45, 2.75) is 32.6 Å². The fourth-order valence-electron chi connectivity index (χ4n) is 2.52. The molecule has 1 aliphatic carbocycles. The van der Waals surface area contributed by atoms with Crippen molar-refractivity contribution in [3.8, 4) is 0 Å². The van der Waals surface area contributed by atoms with Gasteiger partial charge in [0.1, 0.15) is 5.82 Å². The first-order valence-electron chi connectivity index (χ1n) is 6.59. The minimum absolute atomic E-state index is 0.0640. The van der Waals surface area contributed by atoms with E-state index in [1.165, 1.54) is 0 Å². The molecular formula is C14H20N2O2. The maximum Gasteiger partial charge on any atom is 0.313 e. The standard InChI is InChI=1S/C14H20N2O2/c1-2-18-13(17)14(8-4-5-9-14)11-16-12-7-3-6-10-15-12/h3,6-7,10H,2,4-5,8-9,11H2,1H3,(H,15,16). The molecule has 1 aromatic rings. The minimum Gasteiger partial charge on any atom is -0.466 e. The number of rotatable bonds is 5. The van der Waals surface area contributed by atoms with E-state index in [1.54, 1.807) is 6.20 Å². The maximum atomic E-state index is 12.1. The molecule has 0 radical (unpaired) electrons. The number of carbonyl (C=O) groups excluding carboxylic acids is 1. The van der Waals surface area contributed by atoms with Crippen molar-refractivity contribution in [1.82, 2.24) is 4.98 Å². The third-order valence-corrected chi connectivity index (χ3v) is 3.54. The minimum atomic E-state index is -0.354. The maximum absolute atomic E-state index is 12.1. The van der Waals surface area contributed by atoms with Gasteiger partial charge in [0.25, 0.3) is 0 Å². The summed E-state index contributed by atoms with van der Waals surface area (Å²) in [5, 5.41) is 3.25. The molecule has 1 aromatic heterocycles. The summed E-state index contributed by atoms with van der Waals surface area (Å²) in [5.74, 6) is 0.749. The van der Waals surface area contributed by atoms with Gasteiger partial charge in [-0.1, -0.05) is 18.9 Å². The highest BCUT2D eigenvalue weighted by molar-refractivity contribution is 5.78. The average Bonchev–Trinajstić information content (AvgIpc) is 2.88. The number of carbonyl (C=O) groups is 1. The van der Waals surface area contributed by atoms with E-state index in [-0.39, 0.29) is 11.4 Å². The Morgan fingerprint density at radius 3 is 2.83 bits per heavy atom. The van der Waals surface area contributed by atoms with Crippen LogP contribution in [0.4, 0.5) is 5.82 Å². The van der Waals surface area contributed by atoms with E-state index in [0.717, 1.165) is 31.5 Å². The van der Waals surface area contributed by atoms with Crippen molar-refractivity contribution >= 4 is 11.8 Å². The molecule has 98 valence electrons. The predicted molar refractivity (Wildman–Crippen MR) is 70.3 cm³/mol. The van der Waals surface area contributed by atoms with Crippen molar-refractivity contribution in [2.75, 3.05) is 18.5 Å². The zero-order valence-electron chi connectivity index (χ0n) is 10.8. The predicted octanol–water partition coefficient (Wildman–Crippen LogP) is 2.62. The molecule has 4 heteroatoms. The monoisotopic (exact) mass is 248 g/mol. The Balaban J connectivity index is 2.00. The van der Waals surface area contributed by atoms with Crippen molar-refractivity contribution in [2.24, 2.45) is 5.41 Å². The van der Waals surface area contributed by atoms with Crippen molar-refractivity contribution in [3.63, 3.8) is 0 Å². The number of pyridine rings is 1. The highest BCUT2D eigenvalue weighted by Crippen LogP contribution is 2.39. The van der Waals surface area contributed by atoms with E-state index < -0.39 is 0 Å². The summed E-state index contributed by atoms with van der Waals surface area (Å²) in [7, 11) is 0. The summed E-state index contributed by atoms with van der Waals surface area (Å²) in [6, 6.07) is 5.72. The lowest BCUT2D eigenvalue weighted by atomic mass is 9.86. The molecule has 18 heavy (non-hydrogen) atoms. The molecule has 1 fully saturated rings. The number of nitrogens with zero attached hydrogens (tertiary/aromatic N) is 1. The highest BCUT2D eigenvalue weighted by atomic mass is 16.5. The molecule has 0 amide bonds. The van der Waals surface area contributed by atoms with Crippen LogP contribution in [0.1, 0.15) is 32.6 Å². The van der Waals surface area contributed by atoms with E-state index in [1.807, 2.05) is 25.1 Å². The van der Waals surface area contributed by atoms with Crippen LogP contribution in [0.25, 0.3) is 0 Å². The SMILES string of the molecule is CCOC(=O)C1(CNc2ccccn2)CCCC1. The van der Waals surface area contributed by atoms with Gasteiger partial charge in [0.15, 0.2) is 0 Å². The van der Waals surface area contributed by atoms with Crippen LogP contribution in [0.15, 0.2) is 24.4 Å². The molecule has 0 spiro atoms. The largest absolute Gasteiger partial charge is 0.466 e. The summed E-state index contributed by atoms with van der Waals surface area (Å²) in [6.45, 7) is 2.92. The Morgan fingerprint density at radius 2 is 2.22 bits per heavy atom. The van der Waals surface area contributed by atoms with Crippen LogP contribution in [-0.2, 0) is 9.53 Å². The van der Waals surface area contributed by atoms with Gasteiger partial charge in [0.05, 0.1) is 12.0 Å². The van der Waals surface area contributed by atoms with Crippen LogP contribution in [0, 0.1) is 5.41 Å². The lowest BCUT2D eigenvalue weighted by molar-refractivity contribution is -0.154. The summed E-state index contributed by atoms with van der Waals surface area (Å²) in [4.78, 5) is 16.3. The van der Waals surface area contributed by atoms with Gasteiger partial charge < -0.3 is 10.1 Å². The van der Waals surface area contributed by atoms with Crippen LogP contribution >= 0.6 is 0 Å². The second kappa shape index (κ2) is 5.85. The molecule has 2 rings (SSSR count). The van der Waals surface area contributed by atoms with E-state index in [9.17, 15) is 4.79 Å². The summed E-state index contributed by atoms with van der Waals surface area (Å²) < 4.78 is 5.22. The summed E-state index contributed by atoms with van der Waals surface area (Å²) in [6.07, 6.45) is 5.76. The molecule has 0 saturated heterocycles. The molecule has 0 bridgehead atoms. The Bertz CT molecular complexity index is 386. The molecule has 1 N–H and O–H groups in total. The molecule has 1 heterocycles.